The summed E-state index contributed by atoms with van der Waals surface area (Å²) in [5.74, 6) is -2.11. The second-order valence-electron chi connectivity index (χ2n) is 4.90. The number of rotatable bonds is 5. The van der Waals surface area contributed by atoms with E-state index in [4.69, 9.17) is 0 Å². The molecule has 20 heavy (non-hydrogen) atoms. The van der Waals surface area contributed by atoms with Crippen molar-refractivity contribution in [1.82, 2.24) is 0 Å². The number of halogens is 1. The molecule has 1 aliphatic rings. The maximum atomic E-state index is 12.1. The summed E-state index contributed by atoms with van der Waals surface area (Å²) in [7, 11) is -3.55. The summed E-state index contributed by atoms with van der Waals surface area (Å²) >= 11 is 3.27. The lowest BCUT2D eigenvalue weighted by Crippen LogP contribution is -2.28. The fourth-order valence-corrected chi connectivity index (χ4v) is 5.09. The van der Waals surface area contributed by atoms with E-state index in [2.05, 4.69) is 15.9 Å². The van der Waals surface area contributed by atoms with Gasteiger partial charge in [-0.25, -0.2) is 8.42 Å². The molecule has 0 heterocycles. The van der Waals surface area contributed by atoms with Crippen LogP contribution in [0.1, 0.15) is 18.4 Å². The van der Waals surface area contributed by atoms with Gasteiger partial charge in [0.15, 0.2) is 9.84 Å². The van der Waals surface area contributed by atoms with E-state index in [1.54, 1.807) is 24.3 Å². The van der Waals surface area contributed by atoms with Gasteiger partial charge in [0.2, 0.25) is 0 Å². The second kappa shape index (κ2) is 5.13. The lowest BCUT2D eigenvalue weighted by atomic mass is 10.0. The minimum Gasteiger partial charge on any atom is -0.481 e. The van der Waals surface area contributed by atoms with Crippen molar-refractivity contribution >= 4 is 31.7 Å². The Hall–Kier alpha value is -0.920. The highest BCUT2D eigenvalue weighted by Crippen LogP contribution is 2.63. The molecule has 1 aromatic carbocycles. The van der Waals surface area contributed by atoms with Crippen LogP contribution in [0.3, 0.4) is 0 Å². The van der Waals surface area contributed by atoms with Crippen LogP contribution in [0.2, 0.25) is 0 Å². The number of hydrogen-bond acceptors (Lipinski definition) is 4. The molecule has 0 aliphatic heterocycles. The van der Waals surface area contributed by atoms with E-state index in [9.17, 15) is 23.4 Å². The molecular weight excluding hydrogens is 348 g/mol. The lowest BCUT2D eigenvalue weighted by Gasteiger charge is -2.08. The van der Waals surface area contributed by atoms with Crippen LogP contribution < -0.4 is 0 Å². The van der Waals surface area contributed by atoms with Gasteiger partial charge >= 0.3 is 5.97 Å². The smallest absolute Gasteiger partial charge is 0.314 e. The van der Waals surface area contributed by atoms with E-state index in [1.165, 1.54) is 6.92 Å². The standard InChI is InChI=1S/C13H15BrO5S/c1-2-20(18,19)11-10(13(11,7-15)12(16)17)8-3-5-9(14)6-4-8/h3-6,10-11,15H,2,7H2,1H3,(H,16,17)/t10-,11+,13+/m0/s1. The van der Waals surface area contributed by atoms with Gasteiger partial charge in [0.1, 0.15) is 5.41 Å². The van der Waals surface area contributed by atoms with E-state index >= 15 is 0 Å². The quantitative estimate of drug-likeness (QED) is 0.826. The van der Waals surface area contributed by atoms with Crippen molar-refractivity contribution in [2.45, 2.75) is 18.1 Å². The molecule has 3 atom stereocenters. The van der Waals surface area contributed by atoms with E-state index in [0.717, 1.165) is 4.47 Å². The predicted molar refractivity (Wildman–Crippen MR) is 77.3 cm³/mol. The van der Waals surface area contributed by atoms with Crippen molar-refractivity contribution in [2.24, 2.45) is 5.41 Å². The summed E-state index contributed by atoms with van der Waals surface area (Å²) in [6.07, 6.45) is 0. The molecule has 0 unspecified atom stereocenters. The minimum atomic E-state index is -3.55. The van der Waals surface area contributed by atoms with Crippen LogP contribution in [0, 0.1) is 5.41 Å². The van der Waals surface area contributed by atoms with Crippen LogP contribution in [0.5, 0.6) is 0 Å². The maximum absolute atomic E-state index is 12.1. The molecule has 2 rings (SSSR count). The molecule has 110 valence electrons. The Labute approximate surface area is 125 Å². The Morgan fingerprint density at radius 2 is 1.90 bits per heavy atom. The Balaban J connectivity index is 2.50. The number of sulfone groups is 1. The number of aliphatic carboxylic acids is 1. The Morgan fingerprint density at radius 3 is 2.30 bits per heavy atom. The highest BCUT2D eigenvalue weighted by atomic mass is 79.9. The fraction of sp³-hybridized carbons (Fsp3) is 0.462. The number of carboxylic acid groups (broad SMARTS) is 1. The topological polar surface area (TPSA) is 91.7 Å². The summed E-state index contributed by atoms with van der Waals surface area (Å²) in [6.45, 7) is 0.795. The molecule has 5 nitrogen and oxygen atoms in total. The third-order valence-electron chi connectivity index (χ3n) is 3.93. The van der Waals surface area contributed by atoms with E-state index < -0.39 is 39.0 Å². The fourth-order valence-electron chi connectivity index (χ4n) is 2.77. The molecular formula is C13H15BrO5S. The van der Waals surface area contributed by atoms with Gasteiger partial charge in [0, 0.05) is 16.1 Å². The van der Waals surface area contributed by atoms with Crippen LogP contribution in [0.4, 0.5) is 0 Å². The number of carbonyl (C=O) groups is 1. The Kier molecular flexibility index (Phi) is 3.96. The normalized spacial score (nSPS) is 29.1. The third-order valence-corrected chi connectivity index (χ3v) is 6.73. The number of hydrogen-bond donors (Lipinski definition) is 2. The summed E-state index contributed by atoms with van der Waals surface area (Å²) in [5.41, 5.74) is -1.01. The molecule has 7 heteroatoms. The van der Waals surface area contributed by atoms with Gasteiger partial charge in [0.25, 0.3) is 0 Å². The molecule has 0 saturated heterocycles. The highest BCUT2D eigenvalue weighted by Gasteiger charge is 2.75. The van der Waals surface area contributed by atoms with Gasteiger partial charge in [-0.1, -0.05) is 35.0 Å². The molecule has 1 aliphatic carbocycles. The monoisotopic (exact) mass is 362 g/mol. The Bertz CT molecular complexity index is 625. The average Bonchev–Trinajstić information content (AvgIpc) is 3.11. The van der Waals surface area contributed by atoms with Crippen LogP contribution in [0.25, 0.3) is 0 Å². The maximum Gasteiger partial charge on any atom is 0.314 e. The first-order valence-electron chi connectivity index (χ1n) is 6.12. The highest BCUT2D eigenvalue weighted by molar-refractivity contribution is 9.10. The number of benzene rings is 1. The van der Waals surface area contributed by atoms with Crippen molar-refractivity contribution in [2.75, 3.05) is 12.4 Å². The van der Waals surface area contributed by atoms with Crippen molar-refractivity contribution in [3.05, 3.63) is 34.3 Å². The molecule has 2 N–H and O–H groups in total. The number of aliphatic hydroxyl groups is 1. The third kappa shape index (κ3) is 2.17. The molecule has 1 fully saturated rings. The van der Waals surface area contributed by atoms with E-state index in [-0.39, 0.29) is 5.75 Å². The molecule has 0 amide bonds. The zero-order valence-electron chi connectivity index (χ0n) is 10.8. The average molecular weight is 363 g/mol. The van der Waals surface area contributed by atoms with Gasteiger partial charge in [-0.05, 0) is 17.7 Å². The minimum absolute atomic E-state index is 0.139. The first kappa shape index (κ1) is 15.5. The van der Waals surface area contributed by atoms with Crippen molar-refractivity contribution in [3.63, 3.8) is 0 Å². The molecule has 0 spiro atoms. The number of carboxylic acids is 1. The van der Waals surface area contributed by atoms with E-state index in [0.29, 0.717) is 5.56 Å². The van der Waals surface area contributed by atoms with Gasteiger partial charge in [-0.3, -0.25) is 4.79 Å². The van der Waals surface area contributed by atoms with Crippen LogP contribution in [0.15, 0.2) is 28.7 Å². The van der Waals surface area contributed by atoms with Gasteiger partial charge in [0.05, 0.1) is 11.9 Å². The zero-order chi connectivity index (χ0) is 15.1. The van der Waals surface area contributed by atoms with Crippen LogP contribution >= 0.6 is 15.9 Å². The molecule has 0 bridgehead atoms. The van der Waals surface area contributed by atoms with Crippen LogP contribution in [-0.4, -0.2) is 42.2 Å². The molecule has 1 aromatic rings. The second-order valence-corrected chi connectivity index (χ2v) is 8.23. The van der Waals surface area contributed by atoms with Gasteiger partial charge < -0.3 is 10.2 Å². The zero-order valence-corrected chi connectivity index (χ0v) is 13.2. The molecule has 0 radical (unpaired) electrons. The molecule has 1 saturated carbocycles. The first-order valence-corrected chi connectivity index (χ1v) is 8.63. The molecule has 0 aromatic heterocycles. The Morgan fingerprint density at radius 1 is 1.35 bits per heavy atom. The summed E-state index contributed by atoms with van der Waals surface area (Å²) < 4.78 is 25.0. The van der Waals surface area contributed by atoms with Crippen molar-refractivity contribution < 1.29 is 23.4 Å². The van der Waals surface area contributed by atoms with Gasteiger partial charge in [-0.15, -0.1) is 0 Å². The summed E-state index contributed by atoms with van der Waals surface area (Å²) in [6, 6.07) is 6.83. The van der Waals surface area contributed by atoms with E-state index in [1.807, 2.05) is 0 Å². The van der Waals surface area contributed by atoms with Gasteiger partial charge in [-0.2, -0.15) is 0 Å². The lowest BCUT2D eigenvalue weighted by molar-refractivity contribution is -0.145. The SMILES string of the molecule is CCS(=O)(=O)[C@@H]1[C@H](c2ccc(Br)cc2)[C@@]1(CO)C(=O)O. The largest absolute Gasteiger partial charge is 0.481 e. The van der Waals surface area contributed by atoms with Crippen molar-refractivity contribution in [3.8, 4) is 0 Å². The summed E-state index contributed by atoms with van der Waals surface area (Å²) in [4.78, 5) is 11.5. The number of aliphatic hydroxyl groups excluding tert-OH is 1. The predicted octanol–water partition coefficient (Wildman–Crippen LogP) is 1.41. The first-order chi connectivity index (χ1) is 9.31. The summed E-state index contributed by atoms with van der Waals surface area (Å²) in [5, 5.41) is 17.8. The van der Waals surface area contributed by atoms with Crippen molar-refractivity contribution in [1.29, 1.82) is 0 Å². The van der Waals surface area contributed by atoms with Crippen LogP contribution in [-0.2, 0) is 14.6 Å².